The van der Waals surface area contributed by atoms with Gasteiger partial charge in [0.25, 0.3) is 0 Å². The SMILES string of the molecule is Cc1cc2c(cc1C(=O)C(C)(C)CCN)OCO2. The van der Waals surface area contributed by atoms with Gasteiger partial charge in [0.1, 0.15) is 0 Å². The first-order chi connectivity index (χ1) is 8.45. The molecule has 0 amide bonds. The largest absolute Gasteiger partial charge is 0.454 e. The highest BCUT2D eigenvalue weighted by Crippen LogP contribution is 2.37. The molecule has 0 radical (unpaired) electrons. The average Bonchev–Trinajstić information content (AvgIpc) is 2.73. The molecule has 0 aliphatic carbocycles. The number of benzene rings is 1. The minimum absolute atomic E-state index is 0.101. The van der Waals surface area contributed by atoms with Crippen molar-refractivity contribution in [3.8, 4) is 11.5 Å². The van der Waals surface area contributed by atoms with E-state index in [4.69, 9.17) is 15.2 Å². The molecule has 0 bridgehead atoms. The van der Waals surface area contributed by atoms with Crippen molar-refractivity contribution >= 4 is 5.78 Å². The van der Waals surface area contributed by atoms with Crippen LogP contribution in [0.4, 0.5) is 0 Å². The number of ketones is 1. The van der Waals surface area contributed by atoms with Crippen molar-refractivity contribution in [3.63, 3.8) is 0 Å². The number of fused-ring (bicyclic) bond motifs is 1. The fourth-order valence-corrected chi connectivity index (χ4v) is 2.13. The summed E-state index contributed by atoms with van der Waals surface area (Å²) in [5, 5.41) is 0. The van der Waals surface area contributed by atoms with Gasteiger partial charge >= 0.3 is 0 Å². The number of nitrogens with two attached hydrogens (primary N) is 1. The van der Waals surface area contributed by atoms with Crippen LogP contribution in [0.15, 0.2) is 12.1 Å². The highest BCUT2D eigenvalue weighted by molar-refractivity contribution is 6.01. The molecule has 0 unspecified atom stereocenters. The third kappa shape index (κ3) is 2.20. The molecule has 18 heavy (non-hydrogen) atoms. The molecule has 2 N–H and O–H groups in total. The number of hydrogen-bond acceptors (Lipinski definition) is 4. The van der Waals surface area contributed by atoms with Gasteiger partial charge in [0, 0.05) is 11.0 Å². The number of Topliss-reactive ketones (excluding diaryl/α,β-unsaturated/α-hetero) is 1. The van der Waals surface area contributed by atoms with Crippen LogP contribution in [0.25, 0.3) is 0 Å². The summed E-state index contributed by atoms with van der Waals surface area (Å²) in [5.41, 5.74) is 6.71. The van der Waals surface area contributed by atoms with Crippen LogP contribution in [0, 0.1) is 12.3 Å². The Morgan fingerprint density at radius 2 is 1.94 bits per heavy atom. The van der Waals surface area contributed by atoms with Gasteiger partial charge in [0.15, 0.2) is 17.3 Å². The van der Waals surface area contributed by atoms with Crippen molar-refractivity contribution in [3.05, 3.63) is 23.3 Å². The zero-order valence-corrected chi connectivity index (χ0v) is 11.1. The lowest BCUT2D eigenvalue weighted by molar-refractivity contribution is 0.0828. The molecule has 1 aromatic rings. The Bertz CT molecular complexity index is 480. The molecule has 0 atom stereocenters. The quantitative estimate of drug-likeness (QED) is 0.832. The van der Waals surface area contributed by atoms with Crippen LogP contribution < -0.4 is 15.2 Å². The number of ether oxygens (including phenoxy) is 2. The Balaban J connectivity index is 2.37. The number of hydrogen-bond donors (Lipinski definition) is 1. The maximum Gasteiger partial charge on any atom is 0.231 e. The number of carbonyl (C=O) groups is 1. The first-order valence-corrected chi connectivity index (χ1v) is 6.11. The second-order valence-corrected chi connectivity index (χ2v) is 5.27. The molecule has 4 nitrogen and oxygen atoms in total. The topological polar surface area (TPSA) is 61.6 Å². The average molecular weight is 249 g/mol. The molecular weight excluding hydrogens is 230 g/mol. The molecule has 1 aliphatic rings. The van der Waals surface area contributed by atoms with E-state index in [9.17, 15) is 4.79 Å². The lowest BCUT2D eigenvalue weighted by Gasteiger charge is -2.23. The van der Waals surface area contributed by atoms with Gasteiger partial charge in [-0.3, -0.25) is 4.79 Å². The lowest BCUT2D eigenvalue weighted by atomic mass is 9.80. The van der Waals surface area contributed by atoms with E-state index in [0.29, 0.717) is 30.0 Å². The third-order valence-corrected chi connectivity index (χ3v) is 3.35. The minimum Gasteiger partial charge on any atom is -0.454 e. The second kappa shape index (κ2) is 4.61. The molecule has 2 rings (SSSR count). The summed E-state index contributed by atoms with van der Waals surface area (Å²) in [7, 11) is 0. The molecule has 0 aromatic heterocycles. The summed E-state index contributed by atoms with van der Waals surface area (Å²) in [6, 6.07) is 3.63. The molecule has 0 spiro atoms. The number of rotatable bonds is 4. The van der Waals surface area contributed by atoms with Gasteiger partial charge in [-0.15, -0.1) is 0 Å². The molecule has 4 heteroatoms. The molecule has 0 saturated heterocycles. The second-order valence-electron chi connectivity index (χ2n) is 5.27. The Labute approximate surface area is 107 Å². The fourth-order valence-electron chi connectivity index (χ4n) is 2.13. The molecular formula is C14H19NO3. The molecule has 1 heterocycles. The first-order valence-electron chi connectivity index (χ1n) is 6.11. The minimum atomic E-state index is -0.451. The summed E-state index contributed by atoms with van der Waals surface area (Å²) in [6.07, 6.45) is 0.666. The lowest BCUT2D eigenvalue weighted by Crippen LogP contribution is -2.27. The summed E-state index contributed by atoms with van der Waals surface area (Å²) >= 11 is 0. The highest BCUT2D eigenvalue weighted by atomic mass is 16.7. The van der Waals surface area contributed by atoms with Crippen LogP contribution in [-0.4, -0.2) is 19.1 Å². The van der Waals surface area contributed by atoms with Crippen LogP contribution in [0.3, 0.4) is 0 Å². The molecule has 0 saturated carbocycles. The fraction of sp³-hybridized carbons (Fsp3) is 0.500. The number of aryl methyl sites for hydroxylation is 1. The zero-order chi connectivity index (χ0) is 13.3. The summed E-state index contributed by atoms with van der Waals surface area (Å²) < 4.78 is 10.6. The summed E-state index contributed by atoms with van der Waals surface area (Å²) in [4.78, 5) is 12.5. The van der Waals surface area contributed by atoms with Crippen molar-refractivity contribution in [1.82, 2.24) is 0 Å². The Kier molecular flexibility index (Phi) is 3.30. The normalized spacial score (nSPS) is 13.8. The van der Waals surface area contributed by atoms with E-state index in [1.165, 1.54) is 0 Å². The van der Waals surface area contributed by atoms with Crippen LogP contribution in [0.1, 0.15) is 36.2 Å². The summed E-state index contributed by atoms with van der Waals surface area (Å²) in [6.45, 7) is 6.48. The Morgan fingerprint density at radius 1 is 1.33 bits per heavy atom. The smallest absolute Gasteiger partial charge is 0.231 e. The zero-order valence-electron chi connectivity index (χ0n) is 11.1. The molecule has 98 valence electrons. The predicted octanol–water partition coefficient (Wildman–Crippen LogP) is 2.28. The monoisotopic (exact) mass is 249 g/mol. The third-order valence-electron chi connectivity index (χ3n) is 3.35. The van der Waals surface area contributed by atoms with Crippen LogP contribution in [0.2, 0.25) is 0 Å². The van der Waals surface area contributed by atoms with E-state index in [0.717, 1.165) is 5.56 Å². The van der Waals surface area contributed by atoms with E-state index in [-0.39, 0.29) is 12.6 Å². The van der Waals surface area contributed by atoms with Crippen molar-refractivity contribution in [2.75, 3.05) is 13.3 Å². The maximum absolute atomic E-state index is 12.5. The summed E-state index contributed by atoms with van der Waals surface area (Å²) in [5.74, 6) is 1.46. The van der Waals surface area contributed by atoms with E-state index in [2.05, 4.69) is 0 Å². The highest BCUT2D eigenvalue weighted by Gasteiger charge is 2.30. The standard InChI is InChI=1S/C14H19NO3/c1-9-6-11-12(18-8-17-11)7-10(9)13(16)14(2,3)4-5-15/h6-7H,4-5,8,15H2,1-3H3. The van der Waals surface area contributed by atoms with Crippen LogP contribution in [0.5, 0.6) is 11.5 Å². The van der Waals surface area contributed by atoms with E-state index in [1.807, 2.05) is 26.8 Å². The molecule has 1 aromatic carbocycles. The van der Waals surface area contributed by atoms with Gasteiger partial charge in [-0.05, 0) is 37.6 Å². The molecule has 1 aliphatic heterocycles. The van der Waals surface area contributed by atoms with Gasteiger partial charge in [-0.25, -0.2) is 0 Å². The van der Waals surface area contributed by atoms with E-state index in [1.54, 1.807) is 6.07 Å². The van der Waals surface area contributed by atoms with E-state index >= 15 is 0 Å². The maximum atomic E-state index is 12.5. The Hall–Kier alpha value is -1.55. The van der Waals surface area contributed by atoms with Crippen LogP contribution >= 0.6 is 0 Å². The van der Waals surface area contributed by atoms with Gasteiger partial charge in [-0.1, -0.05) is 13.8 Å². The van der Waals surface area contributed by atoms with Gasteiger partial charge < -0.3 is 15.2 Å². The number of carbonyl (C=O) groups excluding carboxylic acids is 1. The van der Waals surface area contributed by atoms with Crippen molar-refractivity contribution in [2.45, 2.75) is 27.2 Å². The van der Waals surface area contributed by atoms with Crippen molar-refractivity contribution in [2.24, 2.45) is 11.1 Å². The van der Waals surface area contributed by atoms with Gasteiger partial charge in [-0.2, -0.15) is 0 Å². The van der Waals surface area contributed by atoms with Crippen molar-refractivity contribution in [1.29, 1.82) is 0 Å². The molecule has 0 fully saturated rings. The van der Waals surface area contributed by atoms with Crippen molar-refractivity contribution < 1.29 is 14.3 Å². The predicted molar refractivity (Wildman–Crippen MR) is 69.1 cm³/mol. The van der Waals surface area contributed by atoms with Gasteiger partial charge in [0.2, 0.25) is 6.79 Å². The van der Waals surface area contributed by atoms with Gasteiger partial charge in [0.05, 0.1) is 0 Å². The van der Waals surface area contributed by atoms with Crippen LogP contribution in [-0.2, 0) is 0 Å². The van der Waals surface area contributed by atoms with E-state index < -0.39 is 5.41 Å². The Morgan fingerprint density at radius 3 is 2.56 bits per heavy atom. The first kappa shape index (κ1) is 12.9.